The van der Waals surface area contributed by atoms with Crippen LogP contribution in [0.2, 0.25) is 0 Å². The van der Waals surface area contributed by atoms with Gasteiger partial charge in [0.2, 0.25) is 0 Å². The second-order valence-electron chi connectivity index (χ2n) is 2.30. The zero-order chi connectivity index (χ0) is 8.97. The lowest BCUT2D eigenvalue weighted by Crippen LogP contribution is -2.03. The van der Waals surface area contributed by atoms with Crippen LogP contribution >= 0.6 is 24.8 Å². The Morgan fingerprint density at radius 3 is 3.00 bits per heavy atom. The zero-order valence-electron chi connectivity index (χ0n) is 6.74. The molecule has 1 aromatic rings. The molecule has 0 saturated heterocycles. The molecule has 12 heavy (non-hydrogen) atoms. The number of rotatable bonds is 2. The number of anilines is 1. The van der Waals surface area contributed by atoms with Crippen LogP contribution in [-0.4, -0.2) is 9.30 Å². The van der Waals surface area contributed by atoms with Crippen LogP contribution in [0.4, 0.5) is 5.82 Å². The Morgan fingerprint density at radius 2 is 2.42 bits per heavy atom. The summed E-state index contributed by atoms with van der Waals surface area (Å²) in [6.45, 7) is 2.06. The topological polar surface area (TPSA) is 24.9 Å². The Balaban J connectivity index is 2.79. The molecule has 1 heterocycles. The first-order valence-corrected chi connectivity index (χ1v) is 4.54. The van der Waals surface area contributed by atoms with E-state index in [0.717, 1.165) is 17.9 Å². The van der Waals surface area contributed by atoms with E-state index in [1.807, 2.05) is 18.2 Å². The maximum absolute atomic E-state index is 4.77. The Labute approximate surface area is 82.8 Å². The molecule has 0 aliphatic carbocycles. The van der Waals surface area contributed by atoms with E-state index in [9.17, 15) is 0 Å². The van der Waals surface area contributed by atoms with Crippen LogP contribution in [-0.2, 0) is 6.42 Å². The molecule has 1 aromatic heterocycles. The Morgan fingerprint density at radius 1 is 1.67 bits per heavy atom. The lowest BCUT2D eigenvalue weighted by atomic mass is 10.3. The molecule has 0 atom stereocenters. The van der Waals surface area contributed by atoms with E-state index in [2.05, 4.69) is 29.9 Å². The quantitative estimate of drug-likeness (QED) is 0.563. The third-order valence-corrected chi connectivity index (χ3v) is 1.62. The summed E-state index contributed by atoms with van der Waals surface area (Å²) in [4.78, 5) is 4.28. The van der Waals surface area contributed by atoms with Gasteiger partial charge in [0.1, 0.15) is 10.1 Å². The van der Waals surface area contributed by atoms with Gasteiger partial charge in [-0.05, 0) is 18.6 Å². The number of aryl methyl sites for hydroxylation is 1. The number of nitrogens with one attached hydrogen (secondary N) is 1. The minimum absolute atomic E-state index is 0.441. The van der Waals surface area contributed by atoms with Crippen LogP contribution in [0.5, 0.6) is 0 Å². The van der Waals surface area contributed by atoms with Gasteiger partial charge in [0.05, 0.1) is 0 Å². The fraction of sp³-hybridized carbons (Fsp3) is 0.250. The molecular weight excluding hydrogens is 188 g/mol. The van der Waals surface area contributed by atoms with Crippen LogP contribution in [0.1, 0.15) is 12.6 Å². The van der Waals surface area contributed by atoms with E-state index in [0.29, 0.717) is 4.32 Å². The summed E-state index contributed by atoms with van der Waals surface area (Å²) in [7, 11) is 0. The van der Waals surface area contributed by atoms with Gasteiger partial charge < -0.3 is 5.32 Å². The van der Waals surface area contributed by atoms with Gasteiger partial charge >= 0.3 is 0 Å². The number of hydrogen-bond acceptors (Lipinski definition) is 2. The van der Waals surface area contributed by atoms with Crippen molar-refractivity contribution in [2.24, 2.45) is 0 Å². The summed E-state index contributed by atoms with van der Waals surface area (Å²) >= 11 is 8.72. The maximum Gasteiger partial charge on any atom is 0.136 e. The normalized spacial score (nSPS) is 9.50. The number of thiol groups is 1. The van der Waals surface area contributed by atoms with Crippen LogP contribution < -0.4 is 5.32 Å². The molecule has 0 amide bonds. The summed E-state index contributed by atoms with van der Waals surface area (Å²) in [5.74, 6) is 0.759. The SMILES string of the molecule is CCc1cccc(NC(=S)S)n1. The van der Waals surface area contributed by atoms with Crippen LogP contribution in [0.3, 0.4) is 0 Å². The van der Waals surface area contributed by atoms with E-state index >= 15 is 0 Å². The van der Waals surface area contributed by atoms with E-state index < -0.39 is 0 Å². The van der Waals surface area contributed by atoms with Crippen molar-refractivity contribution >= 4 is 35.0 Å². The van der Waals surface area contributed by atoms with E-state index in [1.54, 1.807) is 0 Å². The van der Waals surface area contributed by atoms with Gasteiger partial charge in [0.25, 0.3) is 0 Å². The highest BCUT2D eigenvalue weighted by atomic mass is 32.1. The molecular formula is C8H10N2S2. The first-order chi connectivity index (χ1) is 5.72. The maximum atomic E-state index is 4.77. The highest BCUT2D eigenvalue weighted by Gasteiger charge is 1.95. The van der Waals surface area contributed by atoms with E-state index in [-0.39, 0.29) is 0 Å². The fourth-order valence-electron chi connectivity index (χ4n) is 0.856. The van der Waals surface area contributed by atoms with Gasteiger partial charge in [-0.25, -0.2) is 4.98 Å². The van der Waals surface area contributed by atoms with E-state index in [4.69, 9.17) is 12.2 Å². The average molecular weight is 198 g/mol. The summed E-state index contributed by atoms with van der Waals surface area (Å²) in [5.41, 5.74) is 1.05. The molecule has 0 aromatic carbocycles. The van der Waals surface area contributed by atoms with Gasteiger partial charge in [-0.3, -0.25) is 0 Å². The number of hydrogen-bond donors (Lipinski definition) is 2. The van der Waals surface area contributed by atoms with Crippen molar-refractivity contribution in [2.75, 3.05) is 5.32 Å². The minimum atomic E-state index is 0.441. The summed E-state index contributed by atoms with van der Waals surface area (Å²) < 4.78 is 0.441. The van der Waals surface area contributed by atoms with Gasteiger partial charge in [-0.2, -0.15) is 0 Å². The molecule has 4 heteroatoms. The smallest absolute Gasteiger partial charge is 0.136 e. The molecule has 64 valence electrons. The molecule has 0 radical (unpaired) electrons. The van der Waals surface area contributed by atoms with Gasteiger partial charge in [-0.15, -0.1) is 12.6 Å². The Bertz CT molecular complexity index is 286. The van der Waals surface area contributed by atoms with Crippen molar-refractivity contribution in [3.05, 3.63) is 23.9 Å². The summed E-state index contributed by atoms with van der Waals surface area (Å²) in [6, 6.07) is 5.79. The third-order valence-electron chi connectivity index (χ3n) is 1.40. The number of pyridine rings is 1. The monoisotopic (exact) mass is 198 g/mol. The van der Waals surface area contributed by atoms with Crippen LogP contribution in [0.25, 0.3) is 0 Å². The van der Waals surface area contributed by atoms with Gasteiger partial charge in [-0.1, -0.05) is 25.2 Å². The lowest BCUT2D eigenvalue weighted by molar-refractivity contribution is 1.04. The van der Waals surface area contributed by atoms with Crippen molar-refractivity contribution < 1.29 is 0 Å². The fourth-order valence-corrected chi connectivity index (χ4v) is 1.07. The molecule has 0 saturated carbocycles. The second-order valence-corrected chi connectivity index (χ2v) is 3.46. The minimum Gasteiger partial charge on any atom is -0.326 e. The highest BCUT2D eigenvalue weighted by molar-refractivity contribution is 8.11. The van der Waals surface area contributed by atoms with Crippen molar-refractivity contribution in [1.82, 2.24) is 4.98 Å². The Hall–Kier alpha value is -0.610. The van der Waals surface area contributed by atoms with Crippen molar-refractivity contribution in [3.63, 3.8) is 0 Å². The molecule has 0 aliphatic heterocycles. The number of thiocarbonyl (C=S) groups is 1. The van der Waals surface area contributed by atoms with Crippen molar-refractivity contribution in [1.29, 1.82) is 0 Å². The van der Waals surface area contributed by atoms with Crippen LogP contribution in [0.15, 0.2) is 18.2 Å². The predicted octanol–water partition coefficient (Wildman–Crippen LogP) is 2.27. The molecule has 1 N–H and O–H groups in total. The molecule has 0 unspecified atom stereocenters. The first kappa shape index (κ1) is 9.48. The summed E-state index contributed by atoms with van der Waals surface area (Å²) in [6.07, 6.45) is 0.925. The number of nitrogens with zero attached hydrogens (tertiary/aromatic N) is 1. The second kappa shape index (κ2) is 4.42. The van der Waals surface area contributed by atoms with Gasteiger partial charge in [0.15, 0.2) is 0 Å². The van der Waals surface area contributed by atoms with E-state index in [1.165, 1.54) is 0 Å². The summed E-state index contributed by atoms with van der Waals surface area (Å²) in [5, 5.41) is 2.86. The lowest BCUT2D eigenvalue weighted by Gasteiger charge is -2.02. The Kier molecular flexibility index (Phi) is 3.49. The van der Waals surface area contributed by atoms with Crippen molar-refractivity contribution in [2.45, 2.75) is 13.3 Å². The van der Waals surface area contributed by atoms with Crippen LogP contribution in [0, 0.1) is 0 Å². The predicted molar refractivity (Wildman–Crippen MR) is 58.8 cm³/mol. The average Bonchev–Trinajstić information content (AvgIpc) is 2.03. The largest absolute Gasteiger partial charge is 0.326 e. The number of aromatic nitrogens is 1. The molecule has 0 fully saturated rings. The highest BCUT2D eigenvalue weighted by Crippen LogP contribution is 2.05. The molecule has 2 nitrogen and oxygen atoms in total. The van der Waals surface area contributed by atoms with Gasteiger partial charge in [0, 0.05) is 5.69 Å². The standard InChI is InChI=1S/C8H10N2S2/c1-2-6-4-3-5-7(9-6)10-8(11)12/h3-5H,2H2,1H3,(H2,9,10,11,12). The van der Waals surface area contributed by atoms with Crippen molar-refractivity contribution in [3.8, 4) is 0 Å². The molecule has 1 rings (SSSR count). The molecule has 0 spiro atoms. The zero-order valence-corrected chi connectivity index (χ0v) is 8.45. The first-order valence-electron chi connectivity index (χ1n) is 3.68. The molecule has 0 aliphatic rings. The third kappa shape index (κ3) is 2.79. The molecule has 0 bridgehead atoms.